The van der Waals surface area contributed by atoms with E-state index >= 15 is 0 Å². The lowest BCUT2D eigenvalue weighted by Gasteiger charge is -2.13. The highest BCUT2D eigenvalue weighted by atomic mass is 35.5. The minimum Gasteiger partial charge on any atom is -0.436 e. The van der Waals surface area contributed by atoms with Crippen molar-refractivity contribution in [3.63, 3.8) is 0 Å². The minimum absolute atomic E-state index is 0.173. The van der Waals surface area contributed by atoms with Gasteiger partial charge in [-0.2, -0.15) is 9.37 Å². The zero-order valence-corrected chi connectivity index (χ0v) is 19.4. The van der Waals surface area contributed by atoms with E-state index in [2.05, 4.69) is 9.97 Å². The van der Waals surface area contributed by atoms with Crippen molar-refractivity contribution < 1.29 is 18.7 Å². The first-order chi connectivity index (χ1) is 16.4. The zero-order valence-electron chi connectivity index (χ0n) is 17.0. The second-order valence-electron chi connectivity index (χ2n) is 7.09. The maximum absolute atomic E-state index is 14.2. The van der Waals surface area contributed by atoms with Crippen molar-refractivity contribution in [2.24, 2.45) is 0 Å². The highest BCUT2D eigenvalue weighted by molar-refractivity contribution is 8.19. The maximum Gasteiger partial charge on any atom is 0.298 e. The molecule has 0 atom stereocenters. The fourth-order valence-corrected chi connectivity index (χ4v) is 4.59. The lowest BCUT2D eigenvalue weighted by molar-refractivity contribution is -0.113. The van der Waals surface area contributed by atoms with Crippen LogP contribution in [0.2, 0.25) is 10.3 Å². The predicted octanol–water partition coefficient (Wildman–Crippen LogP) is 7.11. The van der Waals surface area contributed by atoms with Gasteiger partial charge < -0.3 is 4.74 Å². The van der Waals surface area contributed by atoms with E-state index in [9.17, 15) is 14.0 Å². The van der Waals surface area contributed by atoms with Crippen LogP contribution in [0, 0.1) is 5.82 Å². The molecular weight excluding hydrogens is 500 g/mol. The molecule has 0 spiro atoms. The van der Waals surface area contributed by atoms with Crippen LogP contribution in [0.4, 0.5) is 14.9 Å². The fraction of sp³-hybridized carbons (Fsp3) is 0. The molecule has 1 saturated heterocycles. The third-order valence-electron chi connectivity index (χ3n) is 4.96. The number of amides is 2. The van der Waals surface area contributed by atoms with Gasteiger partial charge in [-0.15, -0.1) is 0 Å². The van der Waals surface area contributed by atoms with Crippen LogP contribution in [0.3, 0.4) is 0 Å². The number of anilines is 1. The Hall–Kier alpha value is -3.46. The number of nitrogens with zero attached hydrogens (tertiary/aromatic N) is 3. The number of rotatable bonds is 4. The normalized spacial score (nSPS) is 14.9. The molecular formula is C24H12Cl2FN3O3S. The molecule has 0 bridgehead atoms. The van der Waals surface area contributed by atoms with Crippen LogP contribution in [0.25, 0.3) is 16.8 Å². The van der Waals surface area contributed by atoms with Crippen molar-refractivity contribution in [1.82, 2.24) is 9.97 Å². The number of halogens is 3. The number of aromatic nitrogens is 2. The highest BCUT2D eigenvalue weighted by Gasteiger charge is 2.36. The molecule has 0 unspecified atom stereocenters. The predicted molar refractivity (Wildman–Crippen MR) is 131 cm³/mol. The average Bonchev–Trinajstić information content (AvgIpc) is 3.10. The van der Waals surface area contributed by atoms with Crippen LogP contribution < -0.4 is 9.64 Å². The summed E-state index contributed by atoms with van der Waals surface area (Å²) in [5.41, 5.74) is 0.842. The summed E-state index contributed by atoms with van der Waals surface area (Å²) in [5, 5.41) is 1.35. The summed E-state index contributed by atoms with van der Waals surface area (Å²) in [6.45, 7) is 0. The Balaban J connectivity index is 1.61. The minimum atomic E-state index is -0.801. The third kappa shape index (κ3) is 4.23. The number of thioether (sulfide) groups is 1. The third-order valence-corrected chi connectivity index (χ3v) is 6.24. The Morgan fingerprint density at radius 3 is 2.68 bits per heavy atom. The number of carbonyl (C=O) groups excluding carboxylic acids is 2. The number of hydrogen-bond acceptors (Lipinski definition) is 6. The molecule has 168 valence electrons. The smallest absolute Gasteiger partial charge is 0.298 e. The van der Waals surface area contributed by atoms with Gasteiger partial charge in [-0.3, -0.25) is 9.59 Å². The number of fused-ring (bicyclic) bond motifs is 1. The molecule has 2 heterocycles. The number of imide groups is 1. The number of ether oxygens (including phenoxy) is 1. The molecule has 0 radical (unpaired) electrons. The van der Waals surface area contributed by atoms with Gasteiger partial charge in [0, 0.05) is 10.6 Å². The molecule has 2 amide bonds. The standard InChI is InChI=1S/C24H12Cl2FN3O3S/c25-14-5-3-6-15(10-14)30-22(31)20(34-24(30)32)11-17-16-7-2-1-4-13(16)8-9-19(17)33-21-18(27)12-28-23(26)29-21/h1-12H/b20-11-. The second-order valence-corrected chi connectivity index (χ2v) is 8.86. The first-order valence-electron chi connectivity index (χ1n) is 9.82. The Morgan fingerprint density at radius 2 is 1.85 bits per heavy atom. The van der Waals surface area contributed by atoms with Crippen LogP contribution in [0.1, 0.15) is 5.56 Å². The maximum atomic E-state index is 14.2. The largest absolute Gasteiger partial charge is 0.436 e. The van der Waals surface area contributed by atoms with Gasteiger partial charge in [0.15, 0.2) is 0 Å². The van der Waals surface area contributed by atoms with Crippen molar-refractivity contribution >= 4 is 68.6 Å². The van der Waals surface area contributed by atoms with E-state index in [1.54, 1.807) is 36.4 Å². The van der Waals surface area contributed by atoms with E-state index in [1.165, 1.54) is 6.07 Å². The van der Waals surface area contributed by atoms with Crippen LogP contribution in [0.15, 0.2) is 71.8 Å². The van der Waals surface area contributed by atoms with Crippen LogP contribution in [-0.4, -0.2) is 21.1 Å². The first-order valence-corrected chi connectivity index (χ1v) is 11.4. The van der Waals surface area contributed by atoms with Crippen LogP contribution in [0.5, 0.6) is 11.6 Å². The van der Waals surface area contributed by atoms with Crippen molar-refractivity contribution in [2.45, 2.75) is 0 Å². The zero-order chi connectivity index (χ0) is 23.8. The van der Waals surface area contributed by atoms with Gasteiger partial charge in [0.1, 0.15) is 5.75 Å². The van der Waals surface area contributed by atoms with Gasteiger partial charge in [-0.25, -0.2) is 9.88 Å². The quantitative estimate of drug-likeness (QED) is 0.214. The van der Waals surface area contributed by atoms with E-state index in [0.29, 0.717) is 16.3 Å². The van der Waals surface area contributed by atoms with Crippen molar-refractivity contribution in [2.75, 3.05) is 4.90 Å². The fourth-order valence-electron chi connectivity index (χ4n) is 3.46. The summed E-state index contributed by atoms with van der Waals surface area (Å²) in [5.74, 6) is -1.45. The summed E-state index contributed by atoms with van der Waals surface area (Å²) in [7, 11) is 0. The van der Waals surface area contributed by atoms with Gasteiger partial charge in [0.2, 0.25) is 11.1 Å². The molecule has 10 heteroatoms. The molecule has 1 fully saturated rings. The molecule has 3 aromatic carbocycles. The second kappa shape index (κ2) is 9.06. The number of benzene rings is 3. The Morgan fingerprint density at radius 1 is 1.03 bits per heavy atom. The highest BCUT2D eigenvalue weighted by Crippen LogP contribution is 2.40. The summed E-state index contributed by atoms with van der Waals surface area (Å²) >= 11 is 12.6. The topological polar surface area (TPSA) is 72.4 Å². The summed E-state index contributed by atoms with van der Waals surface area (Å²) in [6.07, 6.45) is 2.45. The Labute approximate surface area is 207 Å². The molecule has 4 aromatic rings. The summed E-state index contributed by atoms with van der Waals surface area (Å²) in [4.78, 5) is 34.5. The molecule has 1 aliphatic rings. The van der Waals surface area contributed by atoms with Gasteiger partial charge in [-0.1, -0.05) is 48.0 Å². The van der Waals surface area contributed by atoms with Gasteiger partial charge in [-0.05, 0) is 64.5 Å². The molecule has 0 aliphatic carbocycles. The Kier molecular flexibility index (Phi) is 5.95. The average molecular weight is 512 g/mol. The summed E-state index contributed by atoms with van der Waals surface area (Å²) < 4.78 is 20.0. The van der Waals surface area contributed by atoms with E-state index in [0.717, 1.165) is 33.6 Å². The lowest BCUT2D eigenvalue weighted by atomic mass is 10.0. The molecule has 5 rings (SSSR count). The molecule has 1 aliphatic heterocycles. The number of carbonyl (C=O) groups is 2. The summed E-state index contributed by atoms with van der Waals surface area (Å²) in [6, 6.07) is 17.3. The van der Waals surface area contributed by atoms with Gasteiger partial charge in [0.05, 0.1) is 16.8 Å². The van der Waals surface area contributed by atoms with E-state index in [4.69, 9.17) is 27.9 Å². The van der Waals surface area contributed by atoms with E-state index < -0.39 is 17.0 Å². The SMILES string of the molecule is O=C1S/C(=C\c2c(Oc3nc(Cl)ncc3F)ccc3ccccc23)C(=O)N1c1cccc(Cl)c1. The van der Waals surface area contributed by atoms with Crippen molar-refractivity contribution in [3.05, 3.63) is 93.5 Å². The van der Waals surface area contributed by atoms with Gasteiger partial charge in [0.25, 0.3) is 17.0 Å². The number of hydrogen-bond donors (Lipinski definition) is 0. The lowest BCUT2D eigenvalue weighted by Crippen LogP contribution is -2.27. The molecule has 0 N–H and O–H groups in total. The molecule has 0 saturated carbocycles. The Bertz CT molecular complexity index is 1510. The van der Waals surface area contributed by atoms with Gasteiger partial charge >= 0.3 is 0 Å². The van der Waals surface area contributed by atoms with E-state index in [-0.39, 0.29) is 21.8 Å². The van der Waals surface area contributed by atoms with E-state index in [1.807, 2.05) is 24.3 Å². The monoisotopic (exact) mass is 511 g/mol. The molecule has 6 nitrogen and oxygen atoms in total. The van der Waals surface area contributed by atoms with Crippen molar-refractivity contribution in [3.8, 4) is 11.6 Å². The van der Waals surface area contributed by atoms with Crippen LogP contribution in [-0.2, 0) is 4.79 Å². The van der Waals surface area contributed by atoms with Crippen molar-refractivity contribution in [1.29, 1.82) is 0 Å². The first kappa shape index (κ1) is 22.3. The van der Waals surface area contributed by atoms with Crippen LogP contribution >= 0.6 is 35.0 Å². The molecule has 34 heavy (non-hydrogen) atoms. The molecule has 1 aromatic heterocycles.